The van der Waals surface area contributed by atoms with Gasteiger partial charge in [-0.1, -0.05) is 23.4 Å². The van der Waals surface area contributed by atoms with Crippen molar-refractivity contribution in [2.75, 3.05) is 0 Å². The Kier molecular flexibility index (Phi) is 3.64. The van der Waals surface area contributed by atoms with E-state index >= 15 is 0 Å². The van der Waals surface area contributed by atoms with E-state index < -0.39 is 0 Å². The van der Waals surface area contributed by atoms with Crippen LogP contribution in [0.3, 0.4) is 0 Å². The molecule has 0 saturated carbocycles. The van der Waals surface area contributed by atoms with Crippen molar-refractivity contribution in [1.29, 1.82) is 0 Å². The highest BCUT2D eigenvalue weighted by Gasteiger charge is 2.17. The van der Waals surface area contributed by atoms with Crippen LogP contribution in [-0.4, -0.2) is 15.1 Å². The van der Waals surface area contributed by atoms with Gasteiger partial charge in [-0.15, -0.1) is 0 Å². The van der Waals surface area contributed by atoms with E-state index in [1.54, 1.807) is 6.20 Å². The van der Waals surface area contributed by atoms with Gasteiger partial charge < -0.3 is 9.26 Å². The quantitative estimate of drug-likeness (QED) is 0.731. The number of ether oxygens (including phenoxy) is 1. The number of hydrogen-bond acceptors (Lipinski definition) is 5. The summed E-state index contributed by atoms with van der Waals surface area (Å²) < 4.78 is 11.1. The van der Waals surface area contributed by atoms with Gasteiger partial charge in [0.2, 0.25) is 5.82 Å². The molecule has 1 atom stereocenters. The van der Waals surface area contributed by atoms with Gasteiger partial charge in [-0.05, 0) is 43.7 Å². The zero-order chi connectivity index (χ0) is 14.7. The van der Waals surface area contributed by atoms with Crippen LogP contribution in [0.4, 0.5) is 0 Å². The van der Waals surface area contributed by atoms with E-state index in [1.807, 2.05) is 56.3 Å². The van der Waals surface area contributed by atoms with E-state index in [1.165, 1.54) is 0 Å². The molecule has 0 aliphatic carbocycles. The molecule has 0 amide bonds. The first kappa shape index (κ1) is 13.3. The number of hydrogen-bond donors (Lipinski definition) is 0. The van der Waals surface area contributed by atoms with Crippen molar-refractivity contribution in [1.82, 2.24) is 15.1 Å². The van der Waals surface area contributed by atoms with Crippen LogP contribution in [0.2, 0.25) is 0 Å². The second-order valence-corrected chi connectivity index (χ2v) is 4.75. The lowest BCUT2D eigenvalue weighted by Crippen LogP contribution is -2.03. The summed E-state index contributed by atoms with van der Waals surface area (Å²) >= 11 is 0. The van der Waals surface area contributed by atoms with Crippen LogP contribution in [-0.2, 0) is 0 Å². The maximum atomic E-state index is 5.81. The van der Waals surface area contributed by atoms with Crippen LogP contribution >= 0.6 is 0 Å². The fourth-order valence-corrected chi connectivity index (χ4v) is 1.94. The summed E-state index contributed by atoms with van der Waals surface area (Å²) in [6.07, 6.45) is 1.37. The predicted molar refractivity (Wildman–Crippen MR) is 77.8 cm³/mol. The molecule has 106 valence electrons. The lowest BCUT2D eigenvalue weighted by Gasteiger charge is -2.10. The molecule has 1 aromatic carbocycles. The van der Waals surface area contributed by atoms with Crippen molar-refractivity contribution >= 4 is 0 Å². The van der Waals surface area contributed by atoms with E-state index in [4.69, 9.17) is 9.26 Å². The normalized spacial score (nSPS) is 12.1. The molecule has 0 spiro atoms. The van der Waals surface area contributed by atoms with Crippen LogP contribution < -0.4 is 4.74 Å². The molecule has 5 heteroatoms. The number of aromatic nitrogens is 3. The van der Waals surface area contributed by atoms with E-state index in [2.05, 4.69) is 15.1 Å². The average Bonchev–Trinajstić information content (AvgIpc) is 2.98. The fraction of sp³-hybridized carbons (Fsp3) is 0.188. The topological polar surface area (TPSA) is 61.0 Å². The summed E-state index contributed by atoms with van der Waals surface area (Å²) in [5.41, 5.74) is 1.81. The monoisotopic (exact) mass is 281 g/mol. The lowest BCUT2D eigenvalue weighted by molar-refractivity contribution is 0.175. The van der Waals surface area contributed by atoms with Gasteiger partial charge in [0.25, 0.3) is 5.89 Å². The molecule has 0 aliphatic rings. The van der Waals surface area contributed by atoms with Gasteiger partial charge in [-0.2, -0.15) is 4.98 Å². The highest BCUT2D eigenvalue weighted by Crippen LogP contribution is 2.23. The Labute approximate surface area is 122 Å². The summed E-state index contributed by atoms with van der Waals surface area (Å²) in [5.74, 6) is 1.67. The highest BCUT2D eigenvalue weighted by molar-refractivity contribution is 5.47. The van der Waals surface area contributed by atoms with Crippen molar-refractivity contribution < 1.29 is 9.26 Å². The molecular weight excluding hydrogens is 266 g/mol. The Morgan fingerprint density at radius 3 is 2.81 bits per heavy atom. The molecule has 3 rings (SSSR count). The summed E-state index contributed by atoms with van der Waals surface area (Å²) in [6.45, 7) is 3.89. The molecule has 2 heterocycles. The maximum absolute atomic E-state index is 5.81. The molecule has 0 unspecified atom stereocenters. The number of aryl methyl sites for hydroxylation is 1. The first-order valence-electron chi connectivity index (χ1n) is 6.71. The van der Waals surface area contributed by atoms with Crippen molar-refractivity contribution in [3.05, 3.63) is 60.1 Å². The Balaban J connectivity index is 1.77. The third-order valence-electron chi connectivity index (χ3n) is 2.99. The summed E-state index contributed by atoms with van der Waals surface area (Å²) in [7, 11) is 0. The van der Waals surface area contributed by atoms with Gasteiger partial charge >= 0.3 is 0 Å². The van der Waals surface area contributed by atoms with Crippen molar-refractivity contribution in [3.8, 4) is 17.3 Å². The van der Waals surface area contributed by atoms with Crippen LogP contribution in [0.1, 0.15) is 24.5 Å². The molecule has 21 heavy (non-hydrogen) atoms. The molecule has 0 bridgehead atoms. The molecule has 0 radical (unpaired) electrons. The van der Waals surface area contributed by atoms with Crippen LogP contribution in [0.25, 0.3) is 11.5 Å². The molecule has 2 aromatic heterocycles. The van der Waals surface area contributed by atoms with E-state index in [-0.39, 0.29) is 6.10 Å². The molecule has 5 nitrogen and oxygen atoms in total. The first-order valence-corrected chi connectivity index (χ1v) is 6.71. The molecule has 0 fully saturated rings. The van der Waals surface area contributed by atoms with Gasteiger partial charge in [0.15, 0.2) is 6.10 Å². The van der Waals surface area contributed by atoms with E-state index in [0.29, 0.717) is 17.4 Å². The Hall–Kier alpha value is -2.69. The van der Waals surface area contributed by atoms with Gasteiger partial charge in [0, 0.05) is 6.20 Å². The zero-order valence-corrected chi connectivity index (χ0v) is 11.9. The maximum Gasteiger partial charge on any atom is 0.267 e. The highest BCUT2D eigenvalue weighted by atomic mass is 16.5. The van der Waals surface area contributed by atoms with E-state index in [9.17, 15) is 0 Å². The predicted octanol–water partition coefficient (Wildman–Crippen LogP) is 3.58. The summed E-state index contributed by atoms with van der Waals surface area (Å²) in [5, 5.41) is 3.94. The summed E-state index contributed by atoms with van der Waals surface area (Å²) in [6, 6.07) is 13.4. The Bertz CT molecular complexity index is 725. The van der Waals surface area contributed by atoms with Gasteiger partial charge in [-0.25, -0.2) is 0 Å². The fourth-order valence-electron chi connectivity index (χ4n) is 1.94. The van der Waals surface area contributed by atoms with Crippen LogP contribution in [0.15, 0.2) is 53.2 Å². The number of pyridine rings is 1. The number of rotatable bonds is 4. The molecule has 3 aromatic rings. The zero-order valence-electron chi connectivity index (χ0n) is 11.9. The third-order valence-corrected chi connectivity index (χ3v) is 2.99. The smallest absolute Gasteiger partial charge is 0.267 e. The minimum Gasteiger partial charge on any atom is -0.481 e. The number of benzene rings is 1. The second-order valence-electron chi connectivity index (χ2n) is 4.75. The minimum absolute atomic E-state index is 0.322. The SMILES string of the molecule is Cc1cccc(O[C@H](C)c2nc(-c3ccccn3)no2)c1. The van der Waals surface area contributed by atoms with Crippen LogP contribution in [0.5, 0.6) is 5.75 Å². The van der Waals surface area contributed by atoms with Crippen molar-refractivity contribution in [3.63, 3.8) is 0 Å². The molecule has 0 saturated heterocycles. The van der Waals surface area contributed by atoms with Gasteiger partial charge in [0.05, 0.1) is 0 Å². The molecule has 0 N–H and O–H groups in total. The van der Waals surface area contributed by atoms with E-state index in [0.717, 1.165) is 11.3 Å². The van der Waals surface area contributed by atoms with Crippen molar-refractivity contribution in [2.24, 2.45) is 0 Å². The third kappa shape index (κ3) is 3.08. The van der Waals surface area contributed by atoms with Crippen LogP contribution in [0, 0.1) is 6.92 Å². The summed E-state index contributed by atoms with van der Waals surface area (Å²) in [4.78, 5) is 8.53. The minimum atomic E-state index is -0.322. The first-order chi connectivity index (χ1) is 10.2. The van der Waals surface area contributed by atoms with Crippen molar-refractivity contribution in [2.45, 2.75) is 20.0 Å². The standard InChI is InChI=1S/C16H15N3O2/c1-11-6-5-7-13(10-11)20-12(2)16-18-15(19-21-16)14-8-3-4-9-17-14/h3-10,12H,1-2H3/t12-/m1/s1. The lowest BCUT2D eigenvalue weighted by atomic mass is 10.2. The average molecular weight is 281 g/mol. The largest absolute Gasteiger partial charge is 0.481 e. The van der Waals surface area contributed by atoms with Gasteiger partial charge in [-0.3, -0.25) is 4.98 Å². The Morgan fingerprint density at radius 2 is 2.05 bits per heavy atom. The number of nitrogens with zero attached hydrogens (tertiary/aromatic N) is 3. The molecule has 0 aliphatic heterocycles. The molecular formula is C16H15N3O2. The second kappa shape index (κ2) is 5.75. The Morgan fingerprint density at radius 1 is 1.14 bits per heavy atom. The van der Waals surface area contributed by atoms with Gasteiger partial charge in [0.1, 0.15) is 11.4 Å².